The summed E-state index contributed by atoms with van der Waals surface area (Å²) in [5.74, 6) is -1.67. The zero-order valence-corrected chi connectivity index (χ0v) is 12.8. The quantitative estimate of drug-likeness (QED) is 0.740. The van der Waals surface area contributed by atoms with E-state index in [-0.39, 0.29) is 6.42 Å². The number of hydrogen-bond donors (Lipinski definition) is 2. The van der Waals surface area contributed by atoms with Crippen LogP contribution in [0.2, 0.25) is 0 Å². The maximum atomic E-state index is 12.3. The Morgan fingerprint density at radius 2 is 1.87 bits per heavy atom. The lowest BCUT2D eigenvalue weighted by Crippen LogP contribution is -2.46. The Morgan fingerprint density at radius 1 is 1.30 bits per heavy atom. The third-order valence-electron chi connectivity index (χ3n) is 2.67. The number of carbonyl (C=O) groups excluding carboxylic acids is 1. The van der Waals surface area contributed by atoms with E-state index >= 15 is 0 Å². The maximum absolute atomic E-state index is 12.3. The molecule has 0 saturated heterocycles. The monoisotopic (exact) mass is 356 g/mol. The molecule has 0 aliphatic rings. The standard InChI is InChI=1S/C12H15F3N2O5S/c1-21-10-4-2-8(3-5-10)6-9(7-22-23(16,19)20)17-11(18)12(13,14)15/h2-5,9H,6-7H2,1H3,(H,17,18)(H2,16,19,20)/t9-/m1/s1. The first-order valence-electron chi connectivity index (χ1n) is 6.19. The highest BCUT2D eigenvalue weighted by atomic mass is 32.2. The van der Waals surface area contributed by atoms with Crippen molar-refractivity contribution in [3.63, 3.8) is 0 Å². The van der Waals surface area contributed by atoms with Gasteiger partial charge < -0.3 is 10.1 Å². The van der Waals surface area contributed by atoms with Crippen LogP contribution in [-0.2, 0) is 25.7 Å². The number of methoxy groups -OCH3 is 1. The van der Waals surface area contributed by atoms with Crippen LogP contribution in [0.3, 0.4) is 0 Å². The van der Waals surface area contributed by atoms with Gasteiger partial charge in [-0.1, -0.05) is 12.1 Å². The van der Waals surface area contributed by atoms with Crippen LogP contribution in [-0.4, -0.2) is 40.3 Å². The number of halogens is 3. The molecule has 1 rings (SSSR count). The molecule has 1 atom stereocenters. The molecule has 3 N–H and O–H groups in total. The first kappa shape index (κ1) is 19.2. The summed E-state index contributed by atoms with van der Waals surface area (Å²) in [5, 5.41) is 6.30. The molecule has 7 nitrogen and oxygen atoms in total. The van der Waals surface area contributed by atoms with Crippen LogP contribution < -0.4 is 15.2 Å². The van der Waals surface area contributed by atoms with E-state index in [9.17, 15) is 26.4 Å². The highest BCUT2D eigenvalue weighted by molar-refractivity contribution is 7.84. The summed E-state index contributed by atoms with van der Waals surface area (Å²) in [5.41, 5.74) is 0.538. The second kappa shape index (κ2) is 7.62. The molecule has 11 heteroatoms. The summed E-state index contributed by atoms with van der Waals surface area (Å²) < 4.78 is 67.6. The van der Waals surface area contributed by atoms with Crippen molar-refractivity contribution in [3.8, 4) is 5.75 Å². The number of ether oxygens (including phenoxy) is 1. The molecule has 1 aromatic carbocycles. The minimum atomic E-state index is -5.10. The number of amides is 1. The summed E-state index contributed by atoms with van der Waals surface area (Å²) in [7, 11) is -2.90. The van der Waals surface area contributed by atoms with Gasteiger partial charge in [-0.2, -0.15) is 21.6 Å². The number of nitrogens with two attached hydrogens (primary N) is 1. The molecule has 0 unspecified atom stereocenters. The van der Waals surface area contributed by atoms with E-state index in [0.29, 0.717) is 11.3 Å². The second-order valence-corrected chi connectivity index (χ2v) is 5.72. The predicted molar refractivity (Wildman–Crippen MR) is 73.7 cm³/mol. The van der Waals surface area contributed by atoms with E-state index in [4.69, 9.17) is 4.74 Å². The van der Waals surface area contributed by atoms with Crippen molar-refractivity contribution in [1.82, 2.24) is 5.32 Å². The molecule has 1 aromatic rings. The minimum absolute atomic E-state index is 0.0959. The lowest BCUT2D eigenvalue weighted by Gasteiger charge is -2.19. The molecule has 0 bridgehead atoms. The summed E-state index contributed by atoms with van der Waals surface area (Å²) >= 11 is 0. The smallest absolute Gasteiger partial charge is 0.471 e. The van der Waals surface area contributed by atoms with Gasteiger partial charge in [0.15, 0.2) is 0 Å². The van der Waals surface area contributed by atoms with Crippen molar-refractivity contribution in [2.45, 2.75) is 18.6 Å². The zero-order valence-electron chi connectivity index (χ0n) is 12.0. The molecule has 0 heterocycles. The minimum Gasteiger partial charge on any atom is -0.497 e. The van der Waals surface area contributed by atoms with Gasteiger partial charge in [-0.15, -0.1) is 0 Å². The first-order valence-corrected chi connectivity index (χ1v) is 7.66. The van der Waals surface area contributed by atoms with E-state index in [1.165, 1.54) is 7.11 Å². The van der Waals surface area contributed by atoms with E-state index in [1.54, 1.807) is 29.6 Å². The van der Waals surface area contributed by atoms with E-state index in [0.717, 1.165) is 0 Å². The van der Waals surface area contributed by atoms with Crippen molar-refractivity contribution >= 4 is 16.2 Å². The fraction of sp³-hybridized carbons (Fsp3) is 0.417. The van der Waals surface area contributed by atoms with Gasteiger partial charge in [0.25, 0.3) is 0 Å². The Kier molecular flexibility index (Phi) is 6.36. The summed E-state index contributed by atoms with van der Waals surface area (Å²) in [6.07, 6.45) is -5.19. The Labute approximate surface area is 130 Å². The molecule has 0 radical (unpaired) electrons. The Morgan fingerprint density at radius 3 is 2.30 bits per heavy atom. The van der Waals surface area contributed by atoms with Gasteiger partial charge in [-0.3, -0.25) is 8.98 Å². The van der Waals surface area contributed by atoms with Gasteiger partial charge in [-0.25, -0.2) is 5.14 Å². The van der Waals surface area contributed by atoms with Gasteiger partial charge in [-0.05, 0) is 24.1 Å². The summed E-state index contributed by atoms with van der Waals surface area (Å²) in [6.45, 7) is -0.729. The van der Waals surface area contributed by atoms with Gasteiger partial charge >= 0.3 is 22.4 Å². The number of alkyl halides is 3. The molecule has 0 aliphatic carbocycles. The molecule has 1 amide bonds. The maximum Gasteiger partial charge on any atom is 0.471 e. The fourth-order valence-corrected chi connectivity index (χ4v) is 2.00. The van der Waals surface area contributed by atoms with Crippen LogP contribution >= 0.6 is 0 Å². The lowest BCUT2D eigenvalue weighted by atomic mass is 10.1. The number of rotatable bonds is 7. The van der Waals surface area contributed by atoms with Crippen LogP contribution in [0.25, 0.3) is 0 Å². The summed E-state index contributed by atoms with van der Waals surface area (Å²) in [4.78, 5) is 11.0. The third-order valence-corrected chi connectivity index (χ3v) is 3.13. The van der Waals surface area contributed by atoms with Crippen molar-refractivity contribution in [3.05, 3.63) is 29.8 Å². The predicted octanol–water partition coefficient (Wildman–Crippen LogP) is 0.505. The van der Waals surface area contributed by atoms with Crippen molar-refractivity contribution < 1.29 is 35.3 Å². The average molecular weight is 356 g/mol. The molecule has 23 heavy (non-hydrogen) atoms. The van der Waals surface area contributed by atoms with Crippen LogP contribution in [0.5, 0.6) is 5.75 Å². The number of hydrogen-bond acceptors (Lipinski definition) is 5. The van der Waals surface area contributed by atoms with Gasteiger partial charge in [0.1, 0.15) is 5.75 Å². The van der Waals surface area contributed by atoms with Crippen molar-refractivity contribution in [1.29, 1.82) is 0 Å². The first-order chi connectivity index (χ1) is 10.5. The average Bonchev–Trinajstić information content (AvgIpc) is 2.43. The molecular weight excluding hydrogens is 341 g/mol. The Bertz CT molecular complexity index is 631. The molecule has 130 valence electrons. The van der Waals surface area contributed by atoms with E-state index < -0.39 is 35.0 Å². The lowest BCUT2D eigenvalue weighted by molar-refractivity contribution is -0.174. The molecule has 0 saturated carbocycles. The van der Waals surface area contributed by atoms with Gasteiger partial charge in [0.2, 0.25) is 0 Å². The van der Waals surface area contributed by atoms with Crippen LogP contribution in [0.15, 0.2) is 24.3 Å². The molecule has 0 fully saturated rings. The zero-order chi connectivity index (χ0) is 17.7. The summed E-state index contributed by atoms with van der Waals surface area (Å²) in [6, 6.07) is 5.01. The topological polar surface area (TPSA) is 108 Å². The Balaban J connectivity index is 2.82. The second-order valence-electron chi connectivity index (χ2n) is 4.50. The van der Waals surface area contributed by atoms with Gasteiger partial charge in [0.05, 0.1) is 19.8 Å². The number of carbonyl (C=O) groups is 1. The normalized spacial score (nSPS) is 13.4. The van der Waals surface area contributed by atoms with Crippen LogP contribution in [0, 0.1) is 0 Å². The molecule has 0 aliphatic heterocycles. The van der Waals surface area contributed by atoms with E-state index in [1.807, 2.05) is 0 Å². The van der Waals surface area contributed by atoms with Gasteiger partial charge in [0, 0.05) is 0 Å². The molecule has 0 aromatic heterocycles. The van der Waals surface area contributed by atoms with Crippen LogP contribution in [0.1, 0.15) is 5.56 Å². The molecule has 0 spiro atoms. The number of nitrogens with one attached hydrogen (secondary N) is 1. The third kappa shape index (κ3) is 7.30. The highest BCUT2D eigenvalue weighted by Gasteiger charge is 2.39. The van der Waals surface area contributed by atoms with E-state index in [2.05, 4.69) is 9.32 Å². The van der Waals surface area contributed by atoms with Crippen molar-refractivity contribution in [2.24, 2.45) is 5.14 Å². The van der Waals surface area contributed by atoms with Crippen LogP contribution in [0.4, 0.5) is 13.2 Å². The largest absolute Gasteiger partial charge is 0.497 e. The highest BCUT2D eigenvalue weighted by Crippen LogP contribution is 2.16. The Hall–Kier alpha value is -1.85. The van der Waals surface area contributed by atoms with Crippen molar-refractivity contribution in [2.75, 3.05) is 13.7 Å². The SMILES string of the molecule is COc1ccc(C[C@H](COS(N)(=O)=O)NC(=O)C(F)(F)F)cc1. The number of benzene rings is 1. The molecular formula is C12H15F3N2O5S. The fourth-order valence-electron chi connectivity index (χ4n) is 1.64.